The third kappa shape index (κ3) is 2.69. The molecule has 5 rings (SSSR count). The first-order chi connectivity index (χ1) is 11.6. The molecule has 1 amide bonds. The van der Waals surface area contributed by atoms with Crippen molar-refractivity contribution in [1.29, 1.82) is 0 Å². The average Bonchev–Trinajstić information content (AvgIpc) is 3.09. The van der Waals surface area contributed by atoms with Crippen LogP contribution in [0.2, 0.25) is 0 Å². The molecule has 3 aliphatic rings. The van der Waals surface area contributed by atoms with E-state index < -0.39 is 0 Å². The van der Waals surface area contributed by atoms with Gasteiger partial charge in [0.1, 0.15) is 5.76 Å². The van der Waals surface area contributed by atoms with Crippen LogP contribution in [0.3, 0.4) is 0 Å². The minimum absolute atomic E-state index is 0.123. The van der Waals surface area contributed by atoms with E-state index in [1.165, 1.54) is 12.8 Å². The summed E-state index contributed by atoms with van der Waals surface area (Å²) in [6.45, 7) is 4.51. The number of nitrogen functional groups attached to an aromatic ring is 1. The standard InChI is InChI=1S/C19H23N3O2/c1-12-18(14-8-10-22(12)11-9-14)21-19(23)17-7-6-16(24-17)13-2-4-15(20)5-3-13/h2-7,12,14,18H,8-11,20H2,1H3,(H,21,23)/t12-,18-/m0/s1. The second-order valence-corrected chi connectivity index (χ2v) is 6.90. The van der Waals surface area contributed by atoms with Crippen molar-refractivity contribution in [1.82, 2.24) is 10.2 Å². The number of hydrogen-bond acceptors (Lipinski definition) is 4. The molecule has 0 unspecified atom stereocenters. The Balaban J connectivity index is 1.48. The average molecular weight is 325 g/mol. The van der Waals surface area contributed by atoms with Crippen molar-refractivity contribution in [3.05, 3.63) is 42.2 Å². The van der Waals surface area contributed by atoms with Gasteiger partial charge in [0.15, 0.2) is 5.76 Å². The smallest absolute Gasteiger partial charge is 0.287 e. The highest BCUT2D eigenvalue weighted by Crippen LogP contribution is 2.32. The molecule has 2 atom stereocenters. The first kappa shape index (κ1) is 15.3. The Morgan fingerprint density at radius 2 is 1.88 bits per heavy atom. The second kappa shape index (κ2) is 5.98. The monoisotopic (exact) mass is 325 g/mol. The van der Waals surface area contributed by atoms with E-state index in [0.29, 0.717) is 29.2 Å². The number of furan rings is 1. The van der Waals surface area contributed by atoms with Gasteiger partial charge in [0.25, 0.3) is 5.91 Å². The summed E-state index contributed by atoms with van der Waals surface area (Å²) in [6, 6.07) is 11.6. The Bertz CT molecular complexity index is 727. The van der Waals surface area contributed by atoms with Gasteiger partial charge in [0.05, 0.1) is 0 Å². The molecule has 4 heterocycles. The fourth-order valence-corrected chi connectivity index (χ4v) is 4.03. The van der Waals surface area contributed by atoms with E-state index in [1.807, 2.05) is 30.3 Å². The zero-order valence-electron chi connectivity index (χ0n) is 13.9. The third-order valence-electron chi connectivity index (χ3n) is 5.50. The lowest BCUT2D eigenvalue weighted by atomic mass is 9.79. The van der Waals surface area contributed by atoms with E-state index in [-0.39, 0.29) is 11.9 Å². The summed E-state index contributed by atoms with van der Waals surface area (Å²) >= 11 is 0. The Kier molecular flexibility index (Phi) is 3.81. The summed E-state index contributed by atoms with van der Waals surface area (Å²) in [7, 11) is 0. The number of rotatable bonds is 3. The maximum atomic E-state index is 12.6. The maximum absolute atomic E-state index is 12.6. The van der Waals surface area contributed by atoms with Gasteiger partial charge in [-0.05, 0) is 75.2 Å². The van der Waals surface area contributed by atoms with Crippen LogP contribution in [-0.4, -0.2) is 36.0 Å². The van der Waals surface area contributed by atoms with Crippen LogP contribution in [0.1, 0.15) is 30.3 Å². The SMILES string of the molecule is C[C@H]1[C@H](NC(=O)c2ccc(-c3ccc(N)cc3)o2)C2CCN1CC2. The van der Waals surface area contributed by atoms with Gasteiger partial charge in [0, 0.05) is 23.3 Å². The van der Waals surface area contributed by atoms with Gasteiger partial charge < -0.3 is 15.5 Å². The van der Waals surface area contributed by atoms with Crippen LogP contribution in [0.15, 0.2) is 40.8 Å². The molecule has 3 saturated heterocycles. The number of nitrogens with two attached hydrogens (primary N) is 1. The summed E-state index contributed by atoms with van der Waals surface area (Å²) in [5.74, 6) is 1.51. The molecule has 0 aliphatic carbocycles. The van der Waals surface area contributed by atoms with E-state index >= 15 is 0 Å². The molecule has 1 aromatic heterocycles. The van der Waals surface area contributed by atoms with Gasteiger partial charge in [-0.25, -0.2) is 0 Å². The van der Waals surface area contributed by atoms with E-state index in [4.69, 9.17) is 10.2 Å². The van der Waals surface area contributed by atoms with Crippen LogP contribution >= 0.6 is 0 Å². The minimum Gasteiger partial charge on any atom is -0.451 e. The molecule has 3 fully saturated rings. The summed E-state index contributed by atoms with van der Waals surface area (Å²) in [4.78, 5) is 15.1. The van der Waals surface area contributed by atoms with Gasteiger partial charge >= 0.3 is 0 Å². The van der Waals surface area contributed by atoms with Crippen LogP contribution in [0, 0.1) is 5.92 Å². The van der Waals surface area contributed by atoms with Crippen molar-refractivity contribution < 1.29 is 9.21 Å². The van der Waals surface area contributed by atoms with E-state index in [1.54, 1.807) is 6.07 Å². The van der Waals surface area contributed by atoms with Gasteiger partial charge in [-0.3, -0.25) is 9.69 Å². The summed E-state index contributed by atoms with van der Waals surface area (Å²) < 4.78 is 5.76. The fourth-order valence-electron chi connectivity index (χ4n) is 4.03. The van der Waals surface area contributed by atoms with Crippen LogP contribution in [0.25, 0.3) is 11.3 Å². The Hall–Kier alpha value is -2.27. The van der Waals surface area contributed by atoms with Crippen molar-refractivity contribution in [2.45, 2.75) is 31.8 Å². The van der Waals surface area contributed by atoms with Crippen LogP contribution < -0.4 is 11.1 Å². The van der Waals surface area contributed by atoms with Crippen molar-refractivity contribution in [3.8, 4) is 11.3 Å². The van der Waals surface area contributed by atoms with Crippen LogP contribution in [0.5, 0.6) is 0 Å². The van der Waals surface area contributed by atoms with Gasteiger partial charge in [-0.2, -0.15) is 0 Å². The highest BCUT2D eigenvalue weighted by Gasteiger charge is 2.40. The number of amides is 1. The highest BCUT2D eigenvalue weighted by molar-refractivity contribution is 5.92. The number of piperidine rings is 3. The lowest BCUT2D eigenvalue weighted by Crippen LogP contribution is -2.62. The van der Waals surface area contributed by atoms with E-state index in [9.17, 15) is 4.79 Å². The lowest BCUT2D eigenvalue weighted by molar-refractivity contribution is 0.0211. The molecule has 0 spiro atoms. The zero-order valence-corrected chi connectivity index (χ0v) is 13.9. The number of hydrogen-bond donors (Lipinski definition) is 2. The molecule has 2 aromatic rings. The maximum Gasteiger partial charge on any atom is 0.287 e. The lowest BCUT2D eigenvalue weighted by Gasteiger charge is -2.49. The molecule has 3 N–H and O–H groups in total. The molecular weight excluding hydrogens is 302 g/mol. The third-order valence-corrected chi connectivity index (χ3v) is 5.50. The van der Waals surface area contributed by atoms with E-state index in [0.717, 1.165) is 18.7 Å². The Labute approximate surface area is 141 Å². The van der Waals surface area contributed by atoms with Crippen molar-refractivity contribution in [2.24, 2.45) is 5.92 Å². The molecule has 0 saturated carbocycles. The topological polar surface area (TPSA) is 71.5 Å². The van der Waals surface area contributed by atoms with Gasteiger partial charge in [-0.15, -0.1) is 0 Å². The second-order valence-electron chi connectivity index (χ2n) is 6.90. The predicted octanol–water partition coefficient (Wildman–Crippen LogP) is 2.74. The summed E-state index contributed by atoms with van der Waals surface area (Å²) in [5, 5.41) is 3.20. The number of nitrogens with one attached hydrogen (secondary N) is 1. The highest BCUT2D eigenvalue weighted by atomic mass is 16.3. The predicted molar refractivity (Wildman–Crippen MR) is 93.6 cm³/mol. The molecule has 5 nitrogen and oxygen atoms in total. The normalized spacial score (nSPS) is 28.7. The molecule has 126 valence electrons. The zero-order chi connectivity index (χ0) is 16.7. The summed E-state index contributed by atoms with van der Waals surface area (Å²) in [5.41, 5.74) is 7.33. The first-order valence-corrected chi connectivity index (χ1v) is 8.62. The number of nitrogens with zero attached hydrogens (tertiary/aromatic N) is 1. The molecule has 3 aliphatic heterocycles. The molecule has 2 bridgehead atoms. The molecule has 1 aromatic carbocycles. The quantitative estimate of drug-likeness (QED) is 0.851. The molecular formula is C19H23N3O2. The van der Waals surface area contributed by atoms with Crippen LogP contribution in [0.4, 0.5) is 5.69 Å². The Morgan fingerprint density at radius 1 is 1.17 bits per heavy atom. The van der Waals surface area contributed by atoms with Gasteiger partial charge in [-0.1, -0.05) is 0 Å². The van der Waals surface area contributed by atoms with Crippen LogP contribution in [-0.2, 0) is 0 Å². The molecule has 0 radical (unpaired) electrons. The molecule has 5 heteroatoms. The first-order valence-electron chi connectivity index (χ1n) is 8.62. The summed E-state index contributed by atoms with van der Waals surface area (Å²) in [6.07, 6.45) is 2.34. The number of carbonyl (C=O) groups excluding carboxylic acids is 1. The minimum atomic E-state index is -0.123. The van der Waals surface area contributed by atoms with Crippen molar-refractivity contribution in [2.75, 3.05) is 18.8 Å². The van der Waals surface area contributed by atoms with Gasteiger partial charge in [0.2, 0.25) is 0 Å². The number of fused-ring (bicyclic) bond motifs is 3. The van der Waals surface area contributed by atoms with Crippen molar-refractivity contribution >= 4 is 11.6 Å². The van der Waals surface area contributed by atoms with Crippen molar-refractivity contribution in [3.63, 3.8) is 0 Å². The largest absolute Gasteiger partial charge is 0.451 e. The Morgan fingerprint density at radius 3 is 2.54 bits per heavy atom. The fraction of sp³-hybridized carbons (Fsp3) is 0.421. The number of carbonyl (C=O) groups is 1. The number of anilines is 1. The number of benzene rings is 1. The van der Waals surface area contributed by atoms with E-state index in [2.05, 4.69) is 17.1 Å². The molecule has 24 heavy (non-hydrogen) atoms.